The Morgan fingerprint density at radius 3 is 2.62 bits per heavy atom. The van der Waals surface area contributed by atoms with E-state index in [0.29, 0.717) is 6.54 Å². The van der Waals surface area contributed by atoms with Crippen molar-refractivity contribution in [2.45, 2.75) is 23.8 Å². The van der Waals surface area contributed by atoms with E-state index >= 15 is 0 Å². The molecule has 0 fully saturated rings. The first-order chi connectivity index (χ1) is 15.7. The van der Waals surface area contributed by atoms with E-state index in [9.17, 15) is 17.2 Å². The Bertz CT molecular complexity index is 1270. The van der Waals surface area contributed by atoms with Crippen LogP contribution < -0.4 is 15.8 Å². The van der Waals surface area contributed by atoms with Crippen molar-refractivity contribution in [3.63, 3.8) is 0 Å². The number of benzene rings is 2. The first kappa shape index (κ1) is 26.4. The molecule has 0 unspecified atom stereocenters. The molecular formula is C22H22Cl2F2N4O2S2. The number of nitrogens with one attached hydrogen (secondary N) is 2. The van der Waals surface area contributed by atoms with Gasteiger partial charge in [-0.05, 0) is 48.2 Å². The summed E-state index contributed by atoms with van der Waals surface area (Å²) in [6, 6.07) is 8.14. The van der Waals surface area contributed by atoms with E-state index in [2.05, 4.69) is 21.1 Å². The average Bonchev–Trinajstić information content (AvgIpc) is 3.27. The summed E-state index contributed by atoms with van der Waals surface area (Å²) in [5, 5.41) is 4.64. The van der Waals surface area contributed by atoms with Crippen LogP contribution in [-0.4, -0.2) is 26.0 Å². The normalized spacial score (nSPS) is 18.1. The second-order valence-corrected chi connectivity index (χ2v) is 10.4. The zero-order chi connectivity index (χ0) is 23.6. The largest absolute Gasteiger partial charge is 0.383 e. The van der Waals surface area contributed by atoms with E-state index in [-0.39, 0.29) is 46.7 Å². The smallest absolute Gasteiger partial charge is 0.266 e. The van der Waals surface area contributed by atoms with Gasteiger partial charge in [0, 0.05) is 23.9 Å². The highest BCUT2D eigenvalue weighted by Crippen LogP contribution is 2.34. The van der Waals surface area contributed by atoms with Gasteiger partial charge in [-0.25, -0.2) is 22.2 Å². The molecule has 34 heavy (non-hydrogen) atoms. The van der Waals surface area contributed by atoms with E-state index in [1.807, 2.05) is 0 Å². The van der Waals surface area contributed by atoms with Crippen molar-refractivity contribution >= 4 is 62.4 Å². The number of halogens is 4. The molecule has 1 aliphatic rings. The summed E-state index contributed by atoms with van der Waals surface area (Å²) in [5.41, 5.74) is 9.91. The molecule has 6 nitrogen and oxygen atoms in total. The summed E-state index contributed by atoms with van der Waals surface area (Å²) >= 11 is 7.50. The van der Waals surface area contributed by atoms with Crippen LogP contribution in [0.4, 0.5) is 20.3 Å². The summed E-state index contributed by atoms with van der Waals surface area (Å²) in [5.74, 6) is -1.30. The summed E-state index contributed by atoms with van der Waals surface area (Å²) in [7, 11) is -4.20. The van der Waals surface area contributed by atoms with E-state index in [1.165, 1.54) is 34.4 Å². The van der Waals surface area contributed by atoms with Crippen molar-refractivity contribution in [2.24, 2.45) is 11.7 Å². The molecule has 0 bridgehead atoms. The van der Waals surface area contributed by atoms with Gasteiger partial charge in [0.05, 0.1) is 16.2 Å². The van der Waals surface area contributed by atoms with Crippen LogP contribution in [0, 0.1) is 17.6 Å². The molecule has 2 aromatic carbocycles. The number of nitrogens with two attached hydrogens (primary N) is 1. The number of rotatable bonds is 7. The van der Waals surface area contributed by atoms with Gasteiger partial charge in [0.25, 0.3) is 10.0 Å². The Balaban J connectivity index is 0.00000324. The van der Waals surface area contributed by atoms with Crippen molar-refractivity contribution in [2.75, 3.05) is 16.6 Å². The van der Waals surface area contributed by atoms with E-state index in [0.717, 1.165) is 36.1 Å². The third-order valence-electron chi connectivity index (χ3n) is 5.45. The SMILES string of the molecule is Cl.N[C@@H]1CCC=C(c2ccc(F)cc2)[C@H]1CNc1cc(F)c(S(=O)(=O)Nc2cscn2)cc1Cl. The van der Waals surface area contributed by atoms with Crippen molar-refractivity contribution in [1.29, 1.82) is 0 Å². The third-order valence-corrected chi connectivity index (χ3v) is 7.72. The standard InChI is InChI=1S/C22H21ClF2N4O2S2.ClH/c23-17-8-21(33(30,31)29-22-11-32-12-28-22)18(25)9-20(17)27-10-16-15(2-1-3-19(16)26)13-4-6-14(24)7-5-13;/h2,4-9,11-12,16,19,27,29H,1,3,10,26H2;1H/t16-,19-;/m1./s1. The molecule has 0 saturated heterocycles. The fourth-order valence-electron chi connectivity index (χ4n) is 3.80. The molecule has 3 aromatic rings. The van der Waals surface area contributed by atoms with Crippen LogP contribution >= 0.6 is 35.3 Å². The van der Waals surface area contributed by atoms with Gasteiger partial charge >= 0.3 is 0 Å². The fourth-order valence-corrected chi connectivity index (χ4v) is 5.73. The number of sulfonamides is 1. The molecule has 4 rings (SSSR count). The second-order valence-electron chi connectivity index (χ2n) is 7.64. The molecule has 1 aliphatic carbocycles. The summed E-state index contributed by atoms with van der Waals surface area (Å²) < 4.78 is 55.4. The van der Waals surface area contributed by atoms with Crippen LogP contribution in [0.5, 0.6) is 0 Å². The average molecular weight is 547 g/mol. The Labute approximate surface area is 211 Å². The molecule has 0 radical (unpaired) electrons. The van der Waals surface area contributed by atoms with Crippen LogP contribution in [0.25, 0.3) is 5.57 Å². The lowest BCUT2D eigenvalue weighted by Gasteiger charge is -2.31. The lowest BCUT2D eigenvalue weighted by Crippen LogP contribution is -2.37. The Hall–Kier alpha value is -2.24. The number of hydrogen-bond acceptors (Lipinski definition) is 6. The number of aromatic nitrogens is 1. The number of thiazole rings is 1. The maximum Gasteiger partial charge on any atom is 0.266 e. The van der Waals surface area contributed by atoms with Gasteiger partial charge in [-0.2, -0.15) is 0 Å². The van der Waals surface area contributed by atoms with Crippen molar-refractivity contribution in [3.8, 4) is 0 Å². The summed E-state index contributed by atoms with van der Waals surface area (Å²) in [6.07, 6.45) is 3.65. The summed E-state index contributed by atoms with van der Waals surface area (Å²) in [4.78, 5) is 3.27. The Kier molecular flexibility index (Phi) is 8.53. The topological polar surface area (TPSA) is 97.1 Å². The fraction of sp³-hybridized carbons (Fsp3) is 0.227. The third kappa shape index (κ3) is 5.87. The maximum atomic E-state index is 14.8. The van der Waals surface area contributed by atoms with Gasteiger partial charge in [-0.3, -0.25) is 4.72 Å². The van der Waals surface area contributed by atoms with Crippen LogP contribution in [0.3, 0.4) is 0 Å². The van der Waals surface area contributed by atoms with Crippen LogP contribution in [0.15, 0.2) is 58.3 Å². The lowest BCUT2D eigenvalue weighted by molar-refractivity contribution is 0.486. The number of allylic oxidation sites excluding steroid dienone is 1. The van der Waals surface area contributed by atoms with Crippen LogP contribution in [0.1, 0.15) is 18.4 Å². The lowest BCUT2D eigenvalue weighted by atomic mass is 9.80. The first-order valence-corrected chi connectivity index (χ1v) is 12.9. The zero-order valence-electron chi connectivity index (χ0n) is 17.7. The molecule has 0 aliphatic heterocycles. The first-order valence-electron chi connectivity index (χ1n) is 10.1. The number of hydrogen-bond donors (Lipinski definition) is 3. The highest BCUT2D eigenvalue weighted by molar-refractivity contribution is 7.92. The van der Waals surface area contributed by atoms with Crippen LogP contribution in [0.2, 0.25) is 5.02 Å². The van der Waals surface area contributed by atoms with Crippen molar-refractivity contribution in [3.05, 3.63) is 75.6 Å². The highest BCUT2D eigenvalue weighted by Gasteiger charge is 2.27. The Morgan fingerprint density at radius 2 is 1.94 bits per heavy atom. The molecule has 0 amide bonds. The van der Waals surface area contributed by atoms with E-state index in [1.54, 1.807) is 12.1 Å². The number of nitrogens with zero attached hydrogens (tertiary/aromatic N) is 1. The molecule has 1 heterocycles. The van der Waals surface area contributed by atoms with Crippen LogP contribution in [-0.2, 0) is 10.0 Å². The monoisotopic (exact) mass is 546 g/mol. The minimum atomic E-state index is -4.20. The minimum absolute atomic E-state index is 0. The van der Waals surface area contributed by atoms with E-state index < -0.39 is 20.7 Å². The summed E-state index contributed by atoms with van der Waals surface area (Å²) in [6.45, 7) is 0.340. The van der Waals surface area contributed by atoms with Crippen molar-refractivity contribution < 1.29 is 17.2 Å². The molecule has 1 aromatic heterocycles. The molecular weight excluding hydrogens is 525 g/mol. The second kappa shape index (κ2) is 11.0. The predicted molar refractivity (Wildman–Crippen MR) is 135 cm³/mol. The van der Waals surface area contributed by atoms with Gasteiger partial charge in [0.15, 0.2) is 5.82 Å². The number of anilines is 2. The molecule has 2 atom stereocenters. The predicted octanol–water partition coefficient (Wildman–Crippen LogP) is 5.53. The highest BCUT2D eigenvalue weighted by atomic mass is 35.5. The molecule has 0 saturated carbocycles. The molecule has 0 spiro atoms. The van der Waals surface area contributed by atoms with Gasteiger partial charge in [0.2, 0.25) is 0 Å². The molecule has 4 N–H and O–H groups in total. The quantitative estimate of drug-likeness (QED) is 0.362. The zero-order valence-corrected chi connectivity index (χ0v) is 20.9. The minimum Gasteiger partial charge on any atom is -0.383 e. The van der Waals surface area contributed by atoms with Gasteiger partial charge < -0.3 is 11.1 Å². The van der Waals surface area contributed by atoms with Gasteiger partial charge in [-0.1, -0.05) is 29.8 Å². The van der Waals surface area contributed by atoms with Gasteiger partial charge in [-0.15, -0.1) is 23.7 Å². The maximum absolute atomic E-state index is 14.8. The van der Waals surface area contributed by atoms with E-state index in [4.69, 9.17) is 17.3 Å². The van der Waals surface area contributed by atoms with Crippen molar-refractivity contribution in [1.82, 2.24) is 4.98 Å². The Morgan fingerprint density at radius 1 is 1.21 bits per heavy atom. The molecule has 12 heteroatoms. The molecule has 182 valence electrons. The van der Waals surface area contributed by atoms with Gasteiger partial charge in [0.1, 0.15) is 16.5 Å².